The van der Waals surface area contributed by atoms with Crippen LogP contribution in [0.5, 0.6) is 0 Å². The van der Waals surface area contributed by atoms with Gasteiger partial charge in [-0.1, -0.05) is 25.1 Å². The van der Waals surface area contributed by atoms with Crippen LogP contribution in [0.15, 0.2) is 24.3 Å². The Hall–Kier alpha value is -1.06. The number of benzene rings is 1. The first-order valence-electron chi connectivity index (χ1n) is 6.81. The van der Waals surface area contributed by atoms with Crippen LogP contribution in [0.25, 0.3) is 0 Å². The van der Waals surface area contributed by atoms with E-state index in [4.69, 9.17) is 0 Å². The molecule has 0 spiro atoms. The molecule has 0 aliphatic heterocycles. The molecular formula is C15H27N3. The van der Waals surface area contributed by atoms with Gasteiger partial charge < -0.3 is 15.1 Å². The van der Waals surface area contributed by atoms with E-state index in [2.05, 4.69) is 60.4 Å². The van der Waals surface area contributed by atoms with E-state index in [0.29, 0.717) is 0 Å². The Kier molecular flexibility index (Phi) is 6.76. The minimum absolute atomic E-state index is 0.929. The van der Waals surface area contributed by atoms with E-state index in [-0.39, 0.29) is 0 Å². The minimum Gasteiger partial charge on any atom is -0.370 e. The van der Waals surface area contributed by atoms with E-state index in [0.717, 1.165) is 26.2 Å². The standard InChI is InChI=1S/C15H27N3/c1-5-10-18(12-11-17(3)4)15-9-7-6-8-14(15)13-16-2/h6-9,16H,5,10-13H2,1-4H3. The number of para-hydroxylation sites is 1. The highest BCUT2D eigenvalue weighted by Crippen LogP contribution is 2.20. The molecule has 18 heavy (non-hydrogen) atoms. The Morgan fingerprint density at radius 1 is 1.06 bits per heavy atom. The highest BCUT2D eigenvalue weighted by atomic mass is 15.2. The van der Waals surface area contributed by atoms with E-state index in [9.17, 15) is 0 Å². The van der Waals surface area contributed by atoms with Crippen LogP contribution in [0.3, 0.4) is 0 Å². The lowest BCUT2D eigenvalue weighted by Crippen LogP contribution is -2.33. The fourth-order valence-electron chi connectivity index (χ4n) is 2.10. The van der Waals surface area contributed by atoms with Gasteiger partial charge in [-0.15, -0.1) is 0 Å². The second-order valence-corrected chi connectivity index (χ2v) is 4.95. The molecule has 1 rings (SSSR count). The predicted molar refractivity (Wildman–Crippen MR) is 80.3 cm³/mol. The van der Waals surface area contributed by atoms with Crippen molar-refractivity contribution >= 4 is 5.69 Å². The van der Waals surface area contributed by atoms with E-state index < -0.39 is 0 Å². The highest BCUT2D eigenvalue weighted by molar-refractivity contribution is 5.53. The first-order valence-corrected chi connectivity index (χ1v) is 6.81. The van der Waals surface area contributed by atoms with Gasteiger partial charge in [-0.3, -0.25) is 0 Å². The van der Waals surface area contributed by atoms with Crippen LogP contribution in [0.1, 0.15) is 18.9 Å². The molecule has 3 nitrogen and oxygen atoms in total. The topological polar surface area (TPSA) is 18.5 Å². The maximum absolute atomic E-state index is 3.25. The molecule has 3 heteroatoms. The molecule has 0 bridgehead atoms. The number of hydrogen-bond donors (Lipinski definition) is 1. The molecule has 0 saturated heterocycles. The van der Waals surface area contributed by atoms with Crippen LogP contribution in [0.2, 0.25) is 0 Å². The Bertz CT molecular complexity index is 336. The number of rotatable bonds is 8. The lowest BCUT2D eigenvalue weighted by atomic mass is 10.1. The van der Waals surface area contributed by atoms with Gasteiger partial charge in [-0.2, -0.15) is 0 Å². The fraction of sp³-hybridized carbons (Fsp3) is 0.600. The average molecular weight is 249 g/mol. The van der Waals surface area contributed by atoms with Gasteiger partial charge in [-0.25, -0.2) is 0 Å². The maximum Gasteiger partial charge on any atom is 0.0412 e. The molecule has 0 heterocycles. The number of likely N-dealkylation sites (N-methyl/N-ethyl adjacent to an activating group) is 1. The lowest BCUT2D eigenvalue weighted by Gasteiger charge is -2.28. The van der Waals surface area contributed by atoms with Crippen LogP contribution in [-0.4, -0.2) is 45.7 Å². The van der Waals surface area contributed by atoms with Gasteiger partial charge in [0.1, 0.15) is 0 Å². The molecule has 0 fully saturated rings. The molecule has 0 radical (unpaired) electrons. The quantitative estimate of drug-likeness (QED) is 0.762. The van der Waals surface area contributed by atoms with Crippen molar-refractivity contribution in [2.24, 2.45) is 0 Å². The second kappa shape index (κ2) is 8.11. The summed E-state index contributed by atoms with van der Waals surface area (Å²) in [5.74, 6) is 0. The number of anilines is 1. The van der Waals surface area contributed by atoms with Crippen LogP contribution >= 0.6 is 0 Å². The maximum atomic E-state index is 3.25. The van der Waals surface area contributed by atoms with Crippen LogP contribution < -0.4 is 10.2 Å². The molecular weight excluding hydrogens is 222 g/mol. The van der Waals surface area contributed by atoms with Crippen molar-refractivity contribution < 1.29 is 0 Å². The first kappa shape index (κ1) is 15.0. The van der Waals surface area contributed by atoms with Gasteiger partial charge in [0.05, 0.1) is 0 Å². The molecule has 0 amide bonds. The average Bonchev–Trinajstić information content (AvgIpc) is 2.35. The third-order valence-corrected chi connectivity index (χ3v) is 3.01. The van der Waals surface area contributed by atoms with Gasteiger partial charge in [0.25, 0.3) is 0 Å². The summed E-state index contributed by atoms with van der Waals surface area (Å²) in [5, 5.41) is 3.25. The summed E-state index contributed by atoms with van der Waals surface area (Å²) in [6, 6.07) is 8.70. The molecule has 1 aromatic rings. The molecule has 102 valence electrons. The van der Waals surface area contributed by atoms with Crippen molar-refractivity contribution in [3.63, 3.8) is 0 Å². The second-order valence-electron chi connectivity index (χ2n) is 4.95. The SMILES string of the molecule is CCCN(CCN(C)C)c1ccccc1CNC. The molecule has 0 aliphatic carbocycles. The summed E-state index contributed by atoms with van der Waals surface area (Å²) in [6.07, 6.45) is 1.18. The van der Waals surface area contributed by atoms with Crippen molar-refractivity contribution in [2.75, 3.05) is 45.7 Å². The van der Waals surface area contributed by atoms with Crippen molar-refractivity contribution in [1.29, 1.82) is 0 Å². The Labute approximate surface area is 112 Å². The summed E-state index contributed by atoms with van der Waals surface area (Å²) < 4.78 is 0. The molecule has 0 saturated carbocycles. The van der Waals surface area contributed by atoms with Crippen LogP contribution in [-0.2, 0) is 6.54 Å². The third kappa shape index (κ3) is 4.67. The normalized spacial score (nSPS) is 10.9. The zero-order valence-corrected chi connectivity index (χ0v) is 12.2. The van der Waals surface area contributed by atoms with Gasteiger partial charge >= 0.3 is 0 Å². The minimum atomic E-state index is 0.929. The van der Waals surface area contributed by atoms with Crippen molar-refractivity contribution in [3.8, 4) is 0 Å². The largest absolute Gasteiger partial charge is 0.370 e. The lowest BCUT2D eigenvalue weighted by molar-refractivity contribution is 0.412. The van der Waals surface area contributed by atoms with Gasteiger partial charge in [0.2, 0.25) is 0 Å². The Balaban J connectivity index is 2.82. The van der Waals surface area contributed by atoms with Gasteiger partial charge in [0, 0.05) is 31.9 Å². The van der Waals surface area contributed by atoms with Crippen LogP contribution in [0, 0.1) is 0 Å². The number of nitrogens with zero attached hydrogens (tertiary/aromatic N) is 2. The summed E-state index contributed by atoms with van der Waals surface area (Å²) in [4.78, 5) is 4.73. The highest BCUT2D eigenvalue weighted by Gasteiger charge is 2.09. The molecule has 0 atom stereocenters. The van der Waals surface area contributed by atoms with Gasteiger partial charge in [-0.05, 0) is 39.2 Å². The molecule has 0 aromatic heterocycles. The van der Waals surface area contributed by atoms with E-state index in [1.807, 2.05) is 7.05 Å². The molecule has 0 unspecified atom stereocenters. The third-order valence-electron chi connectivity index (χ3n) is 3.01. The van der Waals surface area contributed by atoms with E-state index in [1.165, 1.54) is 17.7 Å². The summed E-state index contributed by atoms with van der Waals surface area (Å²) in [6.45, 7) is 6.46. The van der Waals surface area contributed by atoms with E-state index >= 15 is 0 Å². The van der Waals surface area contributed by atoms with Crippen molar-refractivity contribution in [2.45, 2.75) is 19.9 Å². The molecule has 1 aromatic carbocycles. The molecule has 1 N–H and O–H groups in total. The smallest absolute Gasteiger partial charge is 0.0412 e. The predicted octanol–water partition coefficient (Wildman–Crippen LogP) is 2.18. The zero-order valence-electron chi connectivity index (χ0n) is 12.2. The number of nitrogens with one attached hydrogen (secondary N) is 1. The Morgan fingerprint density at radius 2 is 1.78 bits per heavy atom. The number of hydrogen-bond acceptors (Lipinski definition) is 3. The van der Waals surface area contributed by atoms with E-state index in [1.54, 1.807) is 0 Å². The van der Waals surface area contributed by atoms with Crippen LogP contribution in [0.4, 0.5) is 5.69 Å². The first-order chi connectivity index (χ1) is 8.69. The summed E-state index contributed by atoms with van der Waals surface area (Å²) >= 11 is 0. The zero-order chi connectivity index (χ0) is 13.4. The fourth-order valence-corrected chi connectivity index (χ4v) is 2.10. The van der Waals surface area contributed by atoms with Crippen molar-refractivity contribution in [1.82, 2.24) is 10.2 Å². The monoisotopic (exact) mass is 249 g/mol. The summed E-state index contributed by atoms with van der Waals surface area (Å²) in [5.41, 5.74) is 2.75. The Morgan fingerprint density at radius 3 is 2.39 bits per heavy atom. The summed E-state index contributed by atoms with van der Waals surface area (Å²) in [7, 11) is 6.26. The van der Waals surface area contributed by atoms with Crippen molar-refractivity contribution in [3.05, 3.63) is 29.8 Å². The molecule has 0 aliphatic rings. The van der Waals surface area contributed by atoms with Gasteiger partial charge in [0.15, 0.2) is 0 Å².